The second-order valence-corrected chi connectivity index (χ2v) is 7.86. The minimum absolute atomic E-state index is 0.00914. The molecule has 1 N–H and O–H groups in total. The lowest BCUT2D eigenvalue weighted by Gasteiger charge is -2.14. The fourth-order valence-electron chi connectivity index (χ4n) is 3.04. The second kappa shape index (κ2) is 9.77. The maximum atomic E-state index is 12.4. The monoisotopic (exact) mass is 537 g/mol. The number of amides is 3. The van der Waals surface area contributed by atoms with Gasteiger partial charge in [-0.3, -0.25) is 19.8 Å². The summed E-state index contributed by atoms with van der Waals surface area (Å²) < 4.78 is 12.0. The lowest BCUT2D eigenvalue weighted by atomic mass is 10.1. The minimum Gasteiger partial charge on any atom is -0.493 e. The average molecular weight is 537 g/mol. The lowest BCUT2D eigenvalue weighted by Crippen LogP contribution is -2.31. The van der Waals surface area contributed by atoms with Gasteiger partial charge in [-0.25, -0.2) is 4.79 Å². The van der Waals surface area contributed by atoms with Gasteiger partial charge in [-0.05, 0) is 58.3 Å². The zero-order chi connectivity index (χ0) is 22.5. The van der Waals surface area contributed by atoms with Gasteiger partial charge in [0.05, 0.1) is 15.6 Å². The van der Waals surface area contributed by atoms with Gasteiger partial charge in [-0.2, -0.15) is 0 Å². The number of nitro benzene ring substituents is 1. The van der Waals surface area contributed by atoms with Crippen LogP contribution in [0.25, 0.3) is 6.08 Å². The van der Waals surface area contributed by atoms with Gasteiger partial charge in [0, 0.05) is 18.7 Å². The van der Waals surface area contributed by atoms with Crippen molar-refractivity contribution in [3.8, 4) is 11.5 Å². The smallest absolute Gasteiger partial charge is 0.329 e. The van der Waals surface area contributed by atoms with Crippen LogP contribution in [0.15, 0.2) is 42.1 Å². The van der Waals surface area contributed by atoms with E-state index in [0.717, 1.165) is 3.57 Å². The number of hydrogen-bond acceptors (Lipinski definition) is 6. The van der Waals surface area contributed by atoms with Crippen LogP contribution in [0.2, 0.25) is 0 Å². The van der Waals surface area contributed by atoms with Crippen molar-refractivity contribution in [3.63, 3.8) is 0 Å². The van der Waals surface area contributed by atoms with Crippen molar-refractivity contribution < 1.29 is 24.0 Å². The summed E-state index contributed by atoms with van der Waals surface area (Å²) in [7, 11) is 1.49. The number of rotatable bonds is 8. The molecule has 1 saturated heterocycles. The summed E-state index contributed by atoms with van der Waals surface area (Å²) in [5, 5.41) is 13.5. The highest BCUT2D eigenvalue weighted by atomic mass is 127. The van der Waals surface area contributed by atoms with E-state index in [9.17, 15) is 19.7 Å². The summed E-state index contributed by atoms with van der Waals surface area (Å²) in [5.41, 5.74) is 1.49. The Morgan fingerprint density at radius 1 is 1.26 bits per heavy atom. The highest BCUT2D eigenvalue weighted by molar-refractivity contribution is 14.1. The molecular formula is C21H20IN3O6. The number of carbonyl (C=O) groups is 2. The van der Waals surface area contributed by atoms with E-state index in [2.05, 4.69) is 27.9 Å². The fourth-order valence-corrected chi connectivity index (χ4v) is 3.82. The SMILES string of the molecule is CCCN1C(=O)N/C(=C/c2cc(I)c(OCc3cccc([N+](=O)[O-])c3)c(OC)c2)C1=O. The normalized spacial score (nSPS) is 14.7. The Balaban J connectivity index is 1.82. The number of hydrogen-bond donors (Lipinski definition) is 1. The molecule has 0 aromatic heterocycles. The molecule has 3 rings (SSSR count). The molecule has 0 bridgehead atoms. The topological polar surface area (TPSA) is 111 Å². The van der Waals surface area contributed by atoms with E-state index in [1.807, 2.05) is 6.92 Å². The zero-order valence-corrected chi connectivity index (χ0v) is 19.0. The van der Waals surface area contributed by atoms with Crippen molar-refractivity contribution in [2.24, 2.45) is 0 Å². The quantitative estimate of drug-likeness (QED) is 0.179. The van der Waals surface area contributed by atoms with Crippen molar-refractivity contribution in [1.29, 1.82) is 0 Å². The molecule has 31 heavy (non-hydrogen) atoms. The Labute approximate surface area is 192 Å². The van der Waals surface area contributed by atoms with E-state index in [4.69, 9.17) is 9.47 Å². The zero-order valence-electron chi connectivity index (χ0n) is 16.9. The number of carbonyl (C=O) groups excluding carboxylic acids is 2. The molecule has 0 atom stereocenters. The van der Waals surface area contributed by atoms with Crippen molar-refractivity contribution in [2.45, 2.75) is 20.0 Å². The summed E-state index contributed by atoms with van der Waals surface area (Å²) in [6.07, 6.45) is 2.26. The maximum absolute atomic E-state index is 12.4. The van der Waals surface area contributed by atoms with E-state index < -0.39 is 11.0 Å². The van der Waals surface area contributed by atoms with Gasteiger partial charge in [0.15, 0.2) is 11.5 Å². The molecule has 0 unspecified atom stereocenters. The van der Waals surface area contributed by atoms with Crippen molar-refractivity contribution >= 4 is 46.3 Å². The van der Waals surface area contributed by atoms with Crippen LogP contribution in [0.3, 0.4) is 0 Å². The number of urea groups is 1. The van der Waals surface area contributed by atoms with Crippen LogP contribution in [-0.2, 0) is 11.4 Å². The Hall–Kier alpha value is -3.15. The first-order valence-corrected chi connectivity index (χ1v) is 10.5. The van der Waals surface area contributed by atoms with Gasteiger partial charge in [-0.1, -0.05) is 19.1 Å². The number of halogens is 1. The molecule has 0 spiro atoms. The Morgan fingerprint density at radius 3 is 2.71 bits per heavy atom. The van der Waals surface area contributed by atoms with Gasteiger partial charge >= 0.3 is 6.03 Å². The third-order valence-corrected chi connectivity index (χ3v) is 5.28. The Kier molecular flexibility index (Phi) is 7.10. The van der Waals surface area contributed by atoms with E-state index in [-0.39, 0.29) is 23.9 Å². The third kappa shape index (κ3) is 5.13. The number of ether oxygens (including phenoxy) is 2. The standard InChI is InChI=1S/C21H20IN3O6/c1-3-7-24-20(26)17(23-21(24)27)10-14-9-16(22)19(18(11-14)30-2)31-12-13-5-4-6-15(8-13)25(28)29/h4-6,8-11H,3,7,12H2,1-2H3,(H,23,27)/b17-10+. The van der Waals surface area contributed by atoms with Crippen LogP contribution in [0.5, 0.6) is 11.5 Å². The largest absolute Gasteiger partial charge is 0.493 e. The summed E-state index contributed by atoms with van der Waals surface area (Å²) in [4.78, 5) is 36.1. The molecule has 2 aromatic rings. The predicted molar refractivity (Wildman–Crippen MR) is 122 cm³/mol. The maximum Gasteiger partial charge on any atom is 0.329 e. The van der Waals surface area contributed by atoms with Crippen molar-refractivity contribution in [3.05, 3.63) is 66.9 Å². The highest BCUT2D eigenvalue weighted by Gasteiger charge is 2.32. The van der Waals surface area contributed by atoms with E-state index in [0.29, 0.717) is 35.6 Å². The predicted octanol–water partition coefficient (Wildman–Crippen LogP) is 4.09. The molecule has 0 saturated carbocycles. The molecule has 0 radical (unpaired) electrons. The van der Waals surface area contributed by atoms with Crippen LogP contribution >= 0.6 is 22.6 Å². The molecule has 1 fully saturated rings. The Bertz CT molecular complexity index is 1070. The van der Waals surface area contributed by atoms with Gasteiger partial charge < -0.3 is 14.8 Å². The second-order valence-electron chi connectivity index (χ2n) is 6.69. The van der Waals surface area contributed by atoms with Gasteiger partial charge in [0.2, 0.25) is 0 Å². The van der Waals surface area contributed by atoms with Gasteiger partial charge in [-0.15, -0.1) is 0 Å². The lowest BCUT2D eigenvalue weighted by molar-refractivity contribution is -0.384. The first-order valence-electron chi connectivity index (χ1n) is 9.42. The number of nitrogens with zero attached hydrogens (tertiary/aromatic N) is 2. The third-order valence-electron chi connectivity index (χ3n) is 4.48. The molecule has 0 aliphatic carbocycles. The van der Waals surface area contributed by atoms with Gasteiger partial charge in [0.25, 0.3) is 11.6 Å². The molecular weight excluding hydrogens is 517 g/mol. The van der Waals surface area contributed by atoms with Crippen LogP contribution in [0.4, 0.5) is 10.5 Å². The van der Waals surface area contributed by atoms with Gasteiger partial charge in [0.1, 0.15) is 12.3 Å². The molecule has 162 valence electrons. The van der Waals surface area contributed by atoms with E-state index in [1.54, 1.807) is 30.3 Å². The van der Waals surface area contributed by atoms with Crippen LogP contribution in [0.1, 0.15) is 24.5 Å². The molecule has 2 aromatic carbocycles. The number of nitro groups is 1. The fraction of sp³-hybridized carbons (Fsp3) is 0.238. The van der Waals surface area contributed by atoms with E-state index >= 15 is 0 Å². The first kappa shape index (κ1) is 22.5. The summed E-state index contributed by atoms with van der Waals surface area (Å²) >= 11 is 2.08. The molecule has 1 heterocycles. The summed E-state index contributed by atoms with van der Waals surface area (Å²) in [5.74, 6) is 0.546. The molecule has 1 aliphatic heterocycles. The number of non-ortho nitro benzene ring substituents is 1. The van der Waals surface area contributed by atoms with Crippen LogP contribution < -0.4 is 14.8 Å². The molecule has 9 nitrogen and oxygen atoms in total. The molecule has 1 aliphatic rings. The van der Waals surface area contributed by atoms with Crippen molar-refractivity contribution in [1.82, 2.24) is 10.2 Å². The van der Waals surface area contributed by atoms with E-state index in [1.165, 1.54) is 24.1 Å². The van der Waals surface area contributed by atoms with Crippen LogP contribution in [-0.4, -0.2) is 35.4 Å². The number of imide groups is 1. The minimum atomic E-state index is -0.457. The number of nitrogens with one attached hydrogen (secondary N) is 1. The summed E-state index contributed by atoms with van der Waals surface area (Å²) in [6.45, 7) is 2.37. The average Bonchev–Trinajstić information content (AvgIpc) is 3.00. The van der Waals surface area contributed by atoms with Crippen molar-refractivity contribution in [2.75, 3.05) is 13.7 Å². The first-order chi connectivity index (χ1) is 14.8. The number of methoxy groups -OCH3 is 1. The highest BCUT2D eigenvalue weighted by Crippen LogP contribution is 2.35. The molecule has 3 amide bonds. The number of benzene rings is 2. The molecule has 10 heteroatoms. The Morgan fingerprint density at radius 2 is 2.03 bits per heavy atom. The van der Waals surface area contributed by atoms with Crippen LogP contribution in [0, 0.1) is 13.7 Å². The summed E-state index contributed by atoms with van der Waals surface area (Å²) in [6, 6.07) is 9.26.